The van der Waals surface area contributed by atoms with E-state index in [1.165, 1.54) is 0 Å². The van der Waals surface area contributed by atoms with E-state index >= 15 is 0 Å². The molecule has 136 valence electrons. The molecule has 0 aliphatic carbocycles. The van der Waals surface area contributed by atoms with Crippen LogP contribution in [-0.4, -0.2) is 21.8 Å². The Bertz CT molecular complexity index is 929. The summed E-state index contributed by atoms with van der Waals surface area (Å²) < 4.78 is 0. The van der Waals surface area contributed by atoms with Gasteiger partial charge < -0.3 is 15.5 Å². The number of hydrogen-bond acceptors (Lipinski definition) is 4. The lowest BCUT2D eigenvalue weighted by Crippen LogP contribution is -2.30. The van der Waals surface area contributed by atoms with Crippen molar-refractivity contribution < 1.29 is 9.59 Å². The molecular formula is C20H18N4O2S. The Labute approximate surface area is 160 Å². The summed E-state index contributed by atoms with van der Waals surface area (Å²) in [6, 6.07) is 12.6. The van der Waals surface area contributed by atoms with Crippen molar-refractivity contribution >= 4 is 29.0 Å². The van der Waals surface area contributed by atoms with Crippen LogP contribution in [0.3, 0.4) is 0 Å². The SMILES string of the molecule is O=C(NCc1cccs1)c1ccc(NC(=O)N2Cc3ccncc3C2)cc1. The number of thiophene rings is 1. The summed E-state index contributed by atoms with van der Waals surface area (Å²) in [7, 11) is 0. The molecule has 2 N–H and O–H groups in total. The number of anilines is 1. The van der Waals surface area contributed by atoms with Crippen LogP contribution in [0.1, 0.15) is 26.4 Å². The molecule has 2 aromatic heterocycles. The van der Waals surface area contributed by atoms with E-state index < -0.39 is 0 Å². The highest BCUT2D eigenvalue weighted by molar-refractivity contribution is 7.09. The summed E-state index contributed by atoms with van der Waals surface area (Å²) in [6.45, 7) is 1.64. The maximum absolute atomic E-state index is 12.5. The van der Waals surface area contributed by atoms with Gasteiger partial charge in [-0.3, -0.25) is 9.78 Å². The van der Waals surface area contributed by atoms with Gasteiger partial charge >= 0.3 is 6.03 Å². The van der Waals surface area contributed by atoms with Gasteiger partial charge in [0.1, 0.15) is 0 Å². The maximum Gasteiger partial charge on any atom is 0.322 e. The molecule has 6 nitrogen and oxygen atoms in total. The number of pyridine rings is 1. The molecule has 0 bridgehead atoms. The number of benzene rings is 1. The number of amides is 3. The number of nitrogens with zero attached hydrogens (tertiary/aromatic N) is 2. The van der Waals surface area contributed by atoms with E-state index in [-0.39, 0.29) is 11.9 Å². The summed E-state index contributed by atoms with van der Waals surface area (Å²) in [5, 5.41) is 7.74. The molecule has 0 fully saturated rings. The second kappa shape index (κ2) is 7.59. The zero-order valence-electron chi connectivity index (χ0n) is 14.5. The van der Waals surface area contributed by atoms with Crippen LogP contribution in [-0.2, 0) is 19.6 Å². The highest BCUT2D eigenvalue weighted by atomic mass is 32.1. The van der Waals surface area contributed by atoms with E-state index in [0.717, 1.165) is 16.0 Å². The molecule has 0 saturated carbocycles. The van der Waals surface area contributed by atoms with Gasteiger partial charge in [-0.05, 0) is 52.9 Å². The van der Waals surface area contributed by atoms with E-state index in [2.05, 4.69) is 15.6 Å². The fraction of sp³-hybridized carbons (Fsp3) is 0.150. The lowest BCUT2D eigenvalue weighted by Gasteiger charge is -2.16. The van der Waals surface area contributed by atoms with Gasteiger partial charge in [-0.1, -0.05) is 6.07 Å². The molecule has 27 heavy (non-hydrogen) atoms. The average Bonchev–Trinajstić information content (AvgIpc) is 3.36. The predicted molar refractivity (Wildman–Crippen MR) is 104 cm³/mol. The third-order valence-corrected chi connectivity index (χ3v) is 5.29. The molecule has 1 aliphatic rings. The van der Waals surface area contributed by atoms with Crippen molar-refractivity contribution in [1.29, 1.82) is 0 Å². The van der Waals surface area contributed by atoms with Gasteiger partial charge in [0, 0.05) is 41.6 Å². The largest absolute Gasteiger partial charge is 0.347 e. The number of rotatable bonds is 4. The maximum atomic E-state index is 12.5. The molecule has 4 rings (SSSR count). The van der Waals surface area contributed by atoms with Crippen molar-refractivity contribution in [2.24, 2.45) is 0 Å². The number of carbonyl (C=O) groups excluding carboxylic acids is 2. The summed E-state index contributed by atoms with van der Waals surface area (Å²) in [5.41, 5.74) is 3.41. The standard InChI is InChI=1S/C20H18N4O2S/c25-19(22-11-18-2-1-9-27-18)14-3-5-17(6-4-14)23-20(26)24-12-15-7-8-21-10-16(15)13-24/h1-10H,11-13H2,(H,22,25)(H,23,26). The molecule has 0 unspecified atom stereocenters. The molecular weight excluding hydrogens is 360 g/mol. The summed E-state index contributed by atoms with van der Waals surface area (Å²) in [5.74, 6) is -0.135. The number of fused-ring (bicyclic) bond motifs is 1. The van der Waals surface area contributed by atoms with Crippen LogP contribution in [0.4, 0.5) is 10.5 Å². The van der Waals surface area contributed by atoms with E-state index in [0.29, 0.717) is 30.9 Å². The quantitative estimate of drug-likeness (QED) is 0.728. The zero-order valence-corrected chi connectivity index (χ0v) is 15.3. The van der Waals surface area contributed by atoms with Gasteiger partial charge in [0.25, 0.3) is 5.91 Å². The first-order chi connectivity index (χ1) is 13.2. The molecule has 3 heterocycles. The van der Waals surface area contributed by atoms with Gasteiger partial charge in [0.2, 0.25) is 0 Å². The minimum atomic E-state index is -0.166. The van der Waals surface area contributed by atoms with Crippen molar-refractivity contribution in [3.05, 3.63) is 81.8 Å². The van der Waals surface area contributed by atoms with E-state index in [4.69, 9.17) is 0 Å². The lowest BCUT2D eigenvalue weighted by atomic mass is 10.2. The first-order valence-corrected chi connectivity index (χ1v) is 9.45. The van der Waals surface area contributed by atoms with Gasteiger partial charge in [-0.15, -0.1) is 11.3 Å². The van der Waals surface area contributed by atoms with E-state index in [9.17, 15) is 9.59 Å². The monoisotopic (exact) mass is 378 g/mol. The van der Waals surface area contributed by atoms with Crippen molar-refractivity contribution in [2.45, 2.75) is 19.6 Å². The van der Waals surface area contributed by atoms with Crippen LogP contribution < -0.4 is 10.6 Å². The number of aromatic nitrogens is 1. The van der Waals surface area contributed by atoms with E-state index in [1.807, 2.05) is 23.6 Å². The van der Waals surface area contributed by atoms with Crippen molar-refractivity contribution in [3.63, 3.8) is 0 Å². The summed E-state index contributed by atoms with van der Waals surface area (Å²) in [4.78, 5) is 31.6. The van der Waals surface area contributed by atoms with Crippen LogP contribution in [0.15, 0.2) is 60.2 Å². The van der Waals surface area contributed by atoms with Gasteiger partial charge in [0.15, 0.2) is 0 Å². The molecule has 3 amide bonds. The molecule has 3 aromatic rings. The van der Waals surface area contributed by atoms with Gasteiger partial charge in [-0.25, -0.2) is 4.79 Å². The van der Waals surface area contributed by atoms with Crippen LogP contribution in [0.25, 0.3) is 0 Å². The Balaban J connectivity index is 1.32. The second-order valence-electron chi connectivity index (χ2n) is 6.27. The summed E-state index contributed by atoms with van der Waals surface area (Å²) >= 11 is 1.61. The Morgan fingerprint density at radius 2 is 1.89 bits per heavy atom. The van der Waals surface area contributed by atoms with Crippen LogP contribution >= 0.6 is 11.3 Å². The lowest BCUT2D eigenvalue weighted by molar-refractivity contribution is 0.0951. The molecule has 1 aromatic carbocycles. The third kappa shape index (κ3) is 3.98. The first kappa shape index (κ1) is 17.2. The summed E-state index contributed by atoms with van der Waals surface area (Å²) in [6.07, 6.45) is 3.54. The van der Waals surface area contributed by atoms with Crippen molar-refractivity contribution in [3.8, 4) is 0 Å². The minimum Gasteiger partial charge on any atom is -0.347 e. The zero-order chi connectivity index (χ0) is 18.6. The van der Waals surface area contributed by atoms with Gasteiger partial charge in [-0.2, -0.15) is 0 Å². The van der Waals surface area contributed by atoms with Crippen LogP contribution in [0.2, 0.25) is 0 Å². The van der Waals surface area contributed by atoms with Crippen LogP contribution in [0, 0.1) is 0 Å². The molecule has 7 heteroatoms. The Hall–Kier alpha value is -3.19. The number of hydrogen-bond donors (Lipinski definition) is 2. The minimum absolute atomic E-state index is 0.135. The molecule has 0 atom stereocenters. The molecule has 0 saturated heterocycles. The molecule has 0 radical (unpaired) electrons. The Kier molecular flexibility index (Phi) is 4.84. The van der Waals surface area contributed by atoms with Gasteiger partial charge in [0.05, 0.1) is 6.54 Å². The second-order valence-corrected chi connectivity index (χ2v) is 7.30. The first-order valence-electron chi connectivity index (χ1n) is 8.57. The topological polar surface area (TPSA) is 74.3 Å². The Morgan fingerprint density at radius 1 is 1.07 bits per heavy atom. The van der Waals surface area contributed by atoms with Crippen LogP contribution in [0.5, 0.6) is 0 Å². The van der Waals surface area contributed by atoms with Crippen molar-refractivity contribution in [2.75, 3.05) is 5.32 Å². The Morgan fingerprint density at radius 3 is 2.63 bits per heavy atom. The number of urea groups is 1. The predicted octanol–water partition coefficient (Wildman–Crippen LogP) is 3.62. The smallest absolute Gasteiger partial charge is 0.322 e. The highest BCUT2D eigenvalue weighted by Gasteiger charge is 2.23. The normalized spacial score (nSPS) is 12.5. The molecule has 1 aliphatic heterocycles. The average molecular weight is 378 g/mol. The fourth-order valence-corrected chi connectivity index (χ4v) is 3.60. The fourth-order valence-electron chi connectivity index (χ4n) is 2.95. The highest BCUT2D eigenvalue weighted by Crippen LogP contribution is 2.22. The van der Waals surface area contributed by atoms with Crippen molar-refractivity contribution in [1.82, 2.24) is 15.2 Å². The van der Waals surface area contributed by atoms with E-state index in [1.54, 1.807) is 52.9 Å². The third-order valence-electron chi connectivity index (χ3n) is 4.42. The molecule has 0 spiro atoms. The number of carbonyl (C=O) groups is 2. The number of nitrogens with one attached hydrogen (secondary N) is 2.